The molecule has 0 radical (unpaired) electrons. The van der Waals surface area contributed by atoms with Crippen LogP contribution in [0.5, 0.6) is 5.75 Å². The third-order valence-electron chi connectivity index (χ3n) is 12.5. The number of nitrogens with zero attached hydrogens (tertiary/aromatic N) is 7. The number of pyridine rings is 1. The zero-order valence-corrected chi connectivity index (χ0v) is 34.1. The number of aryl methyl sites for hydroxylation is 3. The van der Waals surface area contributed by atoms with E-state index in [1.807, 2.05) is 54.2 Å². The fourth-order valence-electron chi connectivity index (χ4n) is 9.02. The van der Waals surface area contributed by atoms with Gasteiger partial charge in [0.1, 0.15) is 5.75 Å². The molecule has 0 aliphatic carbocycles. The molecular weight excluding hydrogens is 757 g/mol. The molecule has 59 heavy (non-hydrogen) atoms. The minimum atomic E-state index is -2.71. The maximum Gasteiger partial charge on any atom is 0.264 e. The highest BCUT2D eigenvalue weighted by molar-refractivity contribution is 5.99. The van der Waals surface area contributed by atoms with E-state index >= 15 is 8.78 Å². The van der Waals surface area contributed by atoms with Gasteiger partial charge in [0.15, 0.2) is 0 Å². The number of aromatic nitrogens is 3. The molecule has 1 atom stereocenters. The first-order chi connectivity index (χ1) is 28.4. The van der Waals surface area contributed by atoms with Crippen LogP contribution in [0.2, 0.25) is 0 Å². The molecule has 14 heteroatoms. The van der Waals surface area contributed by atoms with Crippen LogP contribution in [0, 0.1) is 6.92 Å². The second-order valence-electron chi connectivity index (χ2n) is 16.1. The Kier molecular flexibility index (Phi) is 10.7. The zero-order chi connectivity index (χ0) is 41.7. The number of ether oxygens (including phenoxy) is 1. The van der Waals surface area contributed by atoms with E-state index in [0.29, 0.717) is 59.4 Å². The van der Waals surface area contributed by atoms with Gasteiger partial charge in [0.05, 0.1) is 30.6 Å². The number of carbonyl (C=O) groups excluding carboxylic acids is 3. The lowest BCUT2D eigenvalue weighted by Gasteiger charge is -2.34. The number of imide groups is 1. The summed E-state index contributed by atoms with van der Waals surface area (Å²) in [5.74, 6) is 0.254. The number of fused-ring (bicyclic) bond motifs is 3. The molecule has 1 fully saturated rings. The number of methoxy groups -OCH3 is 1. The Bertz CT molecular complexity index is 2520. The number of alkyl halides is 2. The highest BCUT2D eigenvalue weighted by Gasteiger charge is 2.33. The number of hydrogen-bond acceptors (Lipinski definition) is 8. The molecule has 0 N–H and O–H groups in total. The van der Waals surface area contributed by atoms with Crippen molar-refractivity contribution in [3.8, 4) is 16.9 Å². The number of amides is 3. The van der Waals surface area contributed by atoms with Crippen LogP contribution in [0.4, 0.5) is 25.8 Å². The topological polar surface area (TPSA) is 113 Å². The highest BCUT2D eigenvalue weighted by Crippen LogP contribution is 2.44. The summed E-state index contributed by atoms with van der Waals surface area (Å²) in [7, 11) is 4.74. The van der Waals surface area contributed by atoms with Crippen LogP contribution in [0.15, 0.2) is 65.7 Å². The molecular formula is C45H49F2N7O5. The first-order valence-electron chi connectivity index (χ1n) is 20.2. The molecule has 3 amide bonds. The first-order valence-corrected chi connectivity index (χ1v) is 20.2. The van der Waals surface area contributed by atoms with Crippen molar-refractivity contribution in [1.29, 1.82) is 0 Å². The molecule has 8 rings (SSSR count). The molecule has 3 aliphatic heterocycles. The van der Waals surface area contributed by atoms with Crippen LogP contribution in [0.1, 0.15) is 84.1 Å². The Hall–Kier alpha value is -6.05. The number of rotatable bonds is 11. The number of carbonyl (C=O) groups is 3. The lowest BCUT2D eigenvalue weighted by atomic mass is 9.92. The lowest BCUT2D eigenvalue weighted by Crippen LogP contribution is -2.35. The predicted molar refractivity (Wildman–Crippen MR) is 223 cm³/mol. The molecule has 1 unspecified atom stereocenters. The van der Waals surface area contributed by atoms with Crippen LogP contribution >= 0.6 is 0 Å². The van der Waals surface area contributed by atoms with Crippen LogP contribution < -0.4 is 20.1 Å². The summed E-state index contributed by atoms with van der Waals surface area (Å²) in [6.45, 7) is 6.34. The highest BCUT2D eigenvalue weighted by atomic mass is 19.3. The SMILES string of the molecule is COc1cc(N2CCCc3cc(-c4cnn(C5CCN(c6ccc7c(c6)CN(C(C)CCC(=O)N(C)C=O)C7=O)CC5)c4)c(C(F)F)cc32)c2cc(C)c(=O)n(C)c2c1. The molecule has 0 bridgehead atoms. The zero-order valence-electron chi connectivity index (χ0n) is 34.1. The Labute approximate surface area is 341 Å². The Balaban J connectivity index is 0.983. The fourth-order valence-corrected chi connectivity index (χ4v) is 9.02. The van der Waals surface area contributed by atoms with Crippen molar-refractivity contribution in [2.24, 2.45) is 7.05 Å². The van der Waals surface area contributed by atoms with Crippen molar-refractivity contribution >= 4 is 46.2 Å². The van der Waals surface area contributed by atoms with Gasteiger partial charge in [-0.3, -0.25) is 28.8 Å². The van der Waals surface area contributed by atoms with Crippen LogP contribution in [0.25, 0.3) is 22.0 Å². The molecule has 5 aromatic rings. The van der Waals surface area contributed by atoms with Crippen molar-refractivity contribution in [3.05, 3.63) is 99.1 Å². The summed E-state index contributed by atoms with van der Waals surface area (Å²) in [4.78, 5) is 56.4. The molecule has 1 saturated heterocycles. The average Bonchev–Trinajstić information content (AvgIpc) is 3.88. The predicted octanol–water partition coefficient (Wildman–Crippen LogP) is 7.32. The Morgan fingerprint density at radius 1 is 1.02 bits per heavy atom. The van der Waals surface area contributed by atoms with Gasteiger partial charge in [-0.05, 0) is 99.0 Å². The number of hydrogen-bond donors (Lipinski definition) is 0. The van der Waals surface area contributed by atoms with Crippen molar-refractivity contribution in [1.82, 2.24) is 24.1 Å². The fraction of sp³-hybridized carbons (Fsp3) is 0.400. The van der Waals surface area contributed by atoms with Crippen molar-refractivity contribution in [2.75, 3.05) is 43.6 Å². The minimum absolute atomic E-state index is 0.0515. The van der Waals surface area contributed by atoms with Crippen molar-refractivity contribution < 1.29 is 27.9 Å². The summed E-state index contributed by atoms with van der Waals surface area (Å²) < 4.78 is 39.2. The maximum absolute atomic E-state index is 15.0. The van der Waals surface area contributed by atoms with Gasteiger partial charge in [-0.2, -0.15) is 5.10 Å². The van der Waals surface area contributed by atoms with E-state index in [-0.39, 0.29) is 41.4 Å². The van der Waals surface area contributed by atoms with Crippen molar-refractivity contribution in [2.45, 2.75) is 77.4 Å². The molecule has 0 saturated carbocycles. The summed E-state index contributed by atoms with van der Waals surface area (Å²) in [6, 6.07) is 15.1. The smallest absolute Gasteiger partial charge is 0.264 e. The van der Waals surface area contributed by atoms with Gasteiger partial charge in [0.2, 0.25) is 12.3 Å². The number of piperidine rings is 1. The quantitative estimate of drug-likeness (QED) is 0.128. The normalized spacial score (nSPS) is 16.1. The van der Waals surface area contributed by atoms with Gasteiger partial charge in [0.25, 0.3) is 17.9 Å². The van der Waals surface area contributed by atoms with Crippen LogP contribution in [-0.4, -0.2) is 82.2 Å². The minimum Gasteiger partial charge on any atom is -0.497 e. The summed E-state index contributed by atoms with van der Waals surface area (Å²) in [5, 5.41) is 5.55. The summed E-state index contributed by atoms with van der Waals surface area (Å²) >= 11 is 0. The number of anilines is 3. The maximum atomic E-state index is 15.0. The molecule has 308 valence electrons. The molecule has 0 spiro atoms. The van der Waals surface area contributed by atoms with Crippen molar-refractivity contribution in [3.63, 3.8) is 0 Å². The van der Waals surface area contributed by atoms with Gasteiger partial charge in [-0.25, -0.2) is 8.78 Å². The van der Waals surface area contributed by atoms with E-state index in [1.54, 1.807) is 42.8 Å². The van der Waals surface area contributed by atoms with E-state index in [4.69, 9.17) is 9.84 Å². The number of benzene rings is 3. The van der Waals surface area contributed by atoms with E-state index in [1.165, 1.54) is 7.05 Å². The average molecular weight is 806 g/mol. The van der Waals surface area contributed by atoms with Gasteiger partial charge in [0, 0.05) is 110 Å². The summed E-state index contributed by atoms with van der Waals surface area (Å²) in [5.41, 5.74) is 7.47. The largest absolute Gasteiger partial charge is 0.497 e. The van der Waals surface area contributed by atoms with Gasteiger partial charge < -0.3 is 24.0 Å². The molecule has 12 nitrogen and oxygen atoms in total. The van der Waals surface area contributed by atoms with Gasteiger partial charge in [-0.1, -0.05) is 0 Å². The molecule has 3 aliphatic rings. The van der Waals surface area contributed by atoms with E-state index in [2.05, 4.69) is 15.9 Å². The van der Waals surface area contributed by atoms with E-state index in [0.717, 1.165) is 77.2 Å². The second kappa shape index (κ2) is 16.0. The molecule has 3 aromatic carbocycles. The Morgan fingerprint density at radius 3 is 2.53 bits per heavy atom. The third kappa shape index (κ3) is 7.33. The third-order valence-corrected chi connectivity index (χ3v) is 12.5. The van der Waals surface area contributed by atoms with Crippen LogP contribution in [-0.2, 0) is 29.6 Å². The van der Waals surface area contributed by atoms with Gasteiger partial charge >= 0.3 is 0 Å². The summed E-state index contributed by atoms with van der Waals surface area (Å²) in [6.07, 6.45) is 5.20. The Morgan fingerprint density at radius 2 is 1.80 bits per heavy atom. The monoisotopic (exact) mass is 805 g/mol. The van der Waals surface area contributed by atoms with E-state index < -0.39 is 6.43 Å². The number of halogens is 2. The molecule has 5 heterocycles. The van der Waals surface area contributed by atoms with Crippen LogP contribution in [0.3, 0.4) is 0 Å². The second-order valence-corrected chi connectivity index (χ2v) is 16.1. The van der Waals surface area contributed by atoms with Gasteiger partial charge in [-0.15, -0.1) is 0 Å². The first kappa shape index (κ1) is 39.8. The molecule has 2 aromatic heterocycles. The standard InChI is InChI=1S/C45H49F2N7O5/c1-27-17-38-40(50(4)44(27)57)20-34(59-5)21-41(38)52-14-6-7-29-19-36(37(43(46)47)22-39(29)52)31-23-48-54(25-31)32-12-15-51(16-13-32)33-9-10-35-30(18-33)24-53(45(35)58)28(2)8-11-42(56)49(3)26-55/h9-10,17-23,25-26,28,32,43H,6-8,11-16,24H2,1-5H3. The van der Waals surface area contributed by atoms with E-state index in [9.17, 15) is 19.2 Å². The lowest BCUT2D eigenvalue weighted by molar-refractivity contribution is -0.136.